The molecule has 2 aromatic rings. The number of alkyl halides is 3. The Labute approximate surface area is 140 Å². The van der Waals surface area contributed by atoms with E-state index in [1.54, 1.807) is 18.3 Å². The second-order valence-electron chi connectivity index (χ2n) is 5.73. The van der Waals surface area contributed by atoms with Gasteiger partial charge in [0, 0.05) is 37.0 Å². The minimum atomic E-state index is -4.35. The summed E-state index contributed by atoms with van der Waals surface area (Å²) in [5.74, 6) is -1.62. The fourth-order valence-corrected chi connectivity index (χ4v) is 2.89. The van der Waals surface area contributed by atoms with Crippen LogP contribution in [-0.4, -0.2) is 49.4 Å². The van der Waals surface area contributed by atoms with Crippen LogP contribution < -0.4 is 0 Å². The fourth-order valence-electron chi connectivity index (χ4n) is 2.89. The van der Waals surface area contributed by atoms with E-state index in [1.165, 1.54) is 4.90 Å². The molecule has 0 saturated carbocycles. The standard InChI is InChI=1S/C15H15F3N4O3/c16-15(17,18)4-7-22-11-3-6-21(13(23)10-2-1-5-19-10)8-9(11)12(20-22)14(24)25/h1-2,5,19H,3-4,6-8H2,(H,24,25). The third-order valence-corrected chi connectivity index (χ3v) is 4.06. The highest BCUT2D eigenvalue weighted by molar-refractivity contribution is 5.93. The monoisotopic (exact) mass is 356 g/mol. The number of rotatable bonds is 4. The van der Waals surface area contributed by atoms with Gasteiger partial charge in [-0.2, -0.15) is 18.3 Å². The van der Waals surface area contributed by atoms with E-state index in [9.17, 15) is 27.9 Å². The third kappa shape index (κ3) is 3.52. The number of carboxylic acid groups (broad SMARTS) is 1. The van der Waals surface area contributed by atoms with Crippen molar-refractivity contribution in [2.45, 2.75) is 32.1 Å². The predicted octanol–water partition coefficient (Wildman–Crippen LogP) is 2.06. The average molecular weight is 356 g/mol. The van der Waals surface area contributed by atoms with Crippen molar-refractivity contribution < 1.29 is 27.9 Å². The van der Waals surface area contributed by atoms with E-state index in [4.69, 9.17) is 0 Å². The minimum Gasteiger partial charge on any atom is -0.476 e. The molecule has 0 fully saturated rings. The van der Waals surface area contributed by atoms with Crippen LogP contribution >= 0.6 is 0 Å². The van der Waals surface area contributed by atoms with E-state index >= 15 is 0 Å². The number of amides is 1. The van der Waals surface area contributed by atoms with Crippen LogP contribution in [0.2, 0.25) is 0 Å². The van der Waals surface area contributed by atoms with Crippen molar-refractivity contribution in [3.05, 3.63) is 41.0 Å². The van der Waals surface area contributed by atoms with Crippen molar-refractivity contribution in [2.75, 3.05) is 6.54 Å². The Balaban J connectivity index is 1.86. The lowest BCUT2D eigenvalue weighted by Crippen LogP contribution is -2.37. The number of fused-ring (bicyclic) bond motifs is 1. The van der Waals surface area contributed by atoms with E-state index in [0.717, 1.165) is 4.68 Å². The molecule has 10 heteroatoms. The molecule has 0 atom stereocenters. The Bertz CT molecular complexity index is 796. The number of carbonyl (C=O) groups is 2. The van der Waals surface area contributed by atoms with Gasteiger partial charge in [0.1, 0.15) is 5.69 Å². The summed E-state index contributed by atoms with van der Waals surface area (Å²) in [6, 6.07) is 3.27. The van der Waals surface area contributed by atoms with E-state index in [2.05, 4.69) is 10.1 Å². The van der Waals surface area contributed by atoms with Gasteiger partial charge in [0.15, 0.2) is 5.69 Å². The molecule has 0 saturated heterocycles. The lowest BCUT2D eigenvalue weighted by atomic mass is 10.0. The van der Waals surface area contributed by atoms with Gasteiger partial charge in [-0.3, -0.25) is 9.48 Å². The van der Waals surface area contributed by atoms with Crippen molar-refractivity contribution in [3.8, 4) is 0 Å². The molecule has 0 aliphatic carbocycles. The number of aromatic nitrogens is 3. The maximum absolute atomic E-state index is 12.4. The van der Waals surface area contributed by atoms with E-state index in [-0.39, 0.29) is 31.1 Å². The zero-order valence-corrected chi connectivity index (χ0v) is 13.0. The first kappa shape index (κ1) is 17.1. The number of halogens is 3. The number of hydrogen-bond donors (Lipinski definition) is 2. The van der Waals surface area contributed by atoms with Crippen LogP contribution in [0.1, 0.15) is 38.7 Å². The number of aromatic amines is 1. The second-order valence-corrected chi connectivity index (χ2v) is 5.73. The highest BCUT2D eigenvalue weighted by Gasteiger charge is 2.32. The molecule has 0 radical (unpaired) electrons. The maximum atomic E-state index is 12.4. The number of nitrogens with one attached hydrogen (secondary N) is 1. The van der Waals surface area contributed by atoms with Crippen LogP contribution in [0.5, 0.6) is 0 Å². The predicted molar refractivity (Wildman–Crippen MR) is 79.1 cm³/mol. The van der Waals surface area contributed by atoms with Gasteiger partial charge >= 0.3 is 12.1 Å². The van der Waals surface area contributed by atoms with Gasteiger partial charge in [0.2, 0.25) is 0 Å². The molecule has 3 rings (SSSR count). The smallest absolute Gasteiger partial charge is 0.390 e. The van der Waals surface area contributed by atoms with Crippen LogP contribution in [0.3, 0.4) is 0 Å². The quantitative estimate of drug-likeness (QED) is 0.877. The Morgan fingerprint density at radius 3 is 2.72 bits per heavy atom. The number of carboxylic acids is 1. The summed E-state index contributed by atoms with van der Waals surface area (Å²) < 4.78 is 38.4. The Hall–Kier alpha value is -2.78. The van der Waals surface area contributed by atoms with E-state index in [1.807, 2.05) is 0 Å². The van der Waals surface area contributed by atoms with Gasteiger partial charge in [-0.15, -0.1) is 0 Å². The Morgan fingerprint density at radius 1 is 1.36 bits per heavy atom. The molecule has 0 spiro atoms. The van der Waals surface area contributed by atoms with Crippen molar-refractivity contribution >= 4 is 11.9 Å². The van der Waals surface area contributed by atoms with Gasteiger partial charge in [0.05, 0.1) is 13.0 Å². The number of H-pyrrole nitrogens is 1. The molecule has 0 bridgehead atoms. The first-order valence-electron chi connectivity index (χ1n) is 7.57. The third-order valence-electron chi connectivity index (χ3n) is 4.06. The lowest BCUT2D eigenvalue weighted by Gasteiger charge is -2.27. The molecule has 7 nitrogen and oxygen atoms in total. The zero-order chi connectivity index (χ0) is 18.2. The minimum absolute atomic E-state index is 0.000831. The fraction of sp³-hybridized carbons (Fsp3) is 0.400. The summed E-state index contributed by atoms with van der Waals surface area (Å²) in [5.41, 5.74) is 0.795. The lowest BCUT2D eigenvalue weighted by molar-refractivity contribution is -0.137. The van der Waals surface area contributed by atoms with Crippen molar-refractivity contribution in [1.82, 2.24) is 19.7 Å². The number of carbonyl (C=O) groups excluding carboxylic acids is 1. The summed E-state index contributed by atoms with van der Waals surface area (Å²) in [4.78, 5) is 28.0. The molecular weight excluding hydrogens is 341 g/mol. The van der Waals surface area contributed by atoms with Crippen LogP contribution in [0, 0.1) is 0 Å². The maximum Gasteiger partial charge on any atom is 0.390 e. The van der Waals surface area contributed by atoms with Gasteiger partial charge in [-0.1, -0.05) is 0 Å². The first-order valence-corrected chi connectivity index (χ1v) is 7.57. The topological polar surface area (TPSA) is 91.2 Å². The molecule has 3 heterocycles. The van der Waals surface area contributed by atoms with E-state index < -0.39 is 25.1 Å². The molecule has 2 aromatic heterocycles. The number of aryl methyl sites for hydroxylation is 1. The Morgan fingerprint density at radius 2 is 2.12 bits per heavy atom. The highest BCUT2D eigenvalue weighted by atomic mass is 19.4. The first-order chi connectivity index (χ1) is 11.8. The van der Waals surface area contributed by atoms with Crippen molar-refractivity contribution in [2.24, 2.45) is 0 Å². The average Bonchev–Trinajstić information content (AvgIpc) is 3.19. The van der Waals surface area contributed by atoms with Crippen molar-refractivity contribution in [3.63, 3.8) is 0 Å². The van der Waals surface area contributed by atoms with E-state index in [0.29, 0.717) is 17.0 Å². The molecule has 25 heavy (non-hydrogen) atoms. The number of aromatic carboxylic acids is 1. The molecule has 0 unspecified atom stereocenters. The summed E-state index contributed by atoms with van der Waals surface area (Å²) in [6.45, 7) is -0.161. The summed E-state index contributed by atoms with van der Waals surface area (Å²) in [7, 11) is 0. The van der Waals surface area contributed by atoms with Crippen molar-refractivity contribution in [1.29, 1.82) is 0 Å². The summed E-state index contributed by atoms with van der Waals surface area (Å²) in [6.07, 6.45) is -3.60. The SMILES string of the molecule is O=C(O)c1nn(CCC(F)(F)F)c2c1CN(C(=O)c1ccc[nH]1)CC2. The zero-order valence-electron chi connectivity index (χ0n) is 13.0. The Kier molecular flexibility index (Phi) is 4.27. The van der Waals surface area contributed by atoms with Crippen LogP contribution in [0.25, 0.3) is 0 Å². The summed E-state index contributed by atoms with van der Waals surface area (Å²) >= 11 is 0. The highest BCUT2D eigenvalue weighted by Crippen LogP contribution is 2.26. The molecular formula is C15H15F3N4O3. The molecule has 1 amide bonds. The normalized spacial score (nSPS) is 14.4. The number of nitrogens with zero attached hydrogens (tertiary/aromatic N) is 3. The molecule has 0 aromatic carbocycles. The number of hydrogen-bond acceptors (Lipinski definition) is 3. The molecule has 1 aliphatic rings. The van der Waals surface area contributed by atoms with Gasteiger partial charge in [-0.25, -0.2) is 4.79 Å². The van der Waals surface area contributed by atoms with Gasteiger partial charge in [0.25, 0.3) is 5.91 Å². The molecule has 134 valence electrons. The molecule has 1 aliphatic heterocycles. The van der Waals surface area contributed by atoms with Gasteiger partial charge < -0.3 is 15.0 Å². The second kappa shape index (κ2) is 6.26. The summed E-state index contributed by atoms with van der Waals surface area (Å²) in [5, 5.41) is 13.1. The van der Waals surface area contributed by atoms with Crippen LogP contribution in [0.4, 0.5) is 13.2 Å². The van der Waals surface area contributed by atoms with Gasteiger partial charge in [-0.05, 0) is 12.1 Å². The van der Waals surface area contributed by atoms with Crippen LogP contribution in [0.15, 0.2) is 18.3 Å². The van der Waals surface area contributed by atoms with Crippen LogP contribution in [-0.2, 0) is 19.5 Å². The largest absolute Gasteiger partial charge is 0.476 e. The molecule has 2 N–H and O–H groups in total.